The fourth-order valence-corrected chi connectivity index (χ4v) is 6.02. The van der Waals surface area contributed by atoms with Gasteiger partial charge in [0.2, 0.25) is 0 Å². The Balaban J connectivity index is 1.21. The standard InChI is InChI=1S/C26H24N6O3S/c33-26(18-9-25-21(29-12-18)3-1-2-8-36(25,34)35)30-13-19-10-22-17(11-28-19)6-7-20(31-22)24-15-27-14-23(32-24)16-4-5-16/h6-7,9-12,14-16H,1-5,8,13H2,(H,30,33). The van der Waals surface area contributed by atoms with Crippen molar-refractivity contribution in [3.8, 4) is 11.4 Å². The van der Waals surface area contributed by atoms with E-state index < -0.39 is 15.7 Å². The number of hydrogen-bond donors (Lipinski definition) is 1. The van der Waals surface area contributed by atoms with Crippen LogP contribution in [0.4, 0.5) is 0 Å². The molecular formula is C26H24N6O3S. The Morgan fingerprint density at radius 1 is 0.972 bits per heavy atom. The van der Waals surface area contributed by atoms with E-state index in [0.717, 1.165) is 47.2 Å². The van der Waals surface area contributed by atoms with Crippen molar-refractivity contribution in [1.29, 1.82) is 0 Å². The molecule has 0 bridgehead atoms. The van der Waals surface area contributed by atoms with Crippen molar-refractivity contribution in [3.05, 3.63) is 71.7 Å². The van der Waals surface area contributed by atoms with E-state index in [1.54, 1.807) is 12.4 Å². The van der Waals surface area contributed by atoms with Crippen molar-refractivity contribution in [1.82, 2.24) is 30.2 Å². The Kier molecular flexibility index (Phi) is 5.67. The maximum absolute atomic E-state index is 12.8. The predicted octanol–water partition coefficient (Wildman–Crippen LogP) is 3.40. The van der Waals surface area contributed by atoms with Crippen LogP contribution in [0.3, 0.4) is 0 Å². The Labute approximate surface area is 208 Å². The molecule has 6 rings (SSSR count). The third-order valence-electron chi connectivity index (χ3n) is 6.58. The molecule has 182 valence electrons. The summed E-state index contributed by atoms with van der Waals surface area (Å²) in [6, 6.07) is 7.12. The number of nitrogens with zero attached hydrogens (tertiary/aromatic N) is 5. The van der Waals surface area contributed by atoms with Gasteiger partial charge in [-0.3, -0.25) is 19.7 Å². The van der Waals surface area contributed by atoms with Crippen LogP contribution in [-0.2, 0) is 22.8 Å². The third kappa shape index (κ3) is 4.56. The molecule has 0 saturated heterocycles. The number of hydrogen-bond acceptors (Lipinski definition) is 8. The predicted molar refractivity (Wildman–Crippen MR) is 133 cm³/mol. The number of fused-ring (bicyclic) bond motifs is 2. The first kappa shape index (κ1) is 22.7. The molecule has 36 heavy (non-hydrogen) atoms. The second kappa shape index (κ2) is 9.02. The van der Waals surface area contributed by atoms with E-state index in [1.807, 2.05) is 24.4 Å². The van der Waals surface area contributed by atoms with Crippen LogP contribution in [0.1, 0.15) is 59.0 Å². The van der Waals surface area contributed by atoms with Crippen LogP contribution in [0, 0.1) is 0 Å². The van der Waals surface area contributed by atoms with Crippen LogP contribution in [0.5, 0.6) is 0 Å². The zero-order chi connectivity index (χ0) is 24.7. The van der Waals surface area contributed by atoms with Crippen molar-refractivity contribution >= 4 is 26.6 Å². The Morgan fingerprint density at radius 2 is 1.86 bits per heavy atom. The number of pyridine rings is 3. The third-order valence-corrected chi connectivity index (χ3v) is 8.43. The van der Waals surface area contributed by atoms with Crippen molar-refractivity contribution < 1.29 is 13.2 Å². The second-order valence-corrected chi connectivity index (χ2v) is 11.4. The molecule has 1 aliphatic heterocycles. The lowest BCUT2D eigenvalue weighted by Gasteiger charge is -2.09. The molecular weight excluding hydrogens is 476 g/mol. The average Bonchev–Trinajstić information content (AvgIpc) is 3.76. The monoisotopic (exact) mass is 500 g/mol. The molecule has 10 heteroatoms. The van der Waals surface area contributed by atoms with Crippen LogP contribution in [-0.4, -0.2) is 45.0 Å². The van der Waals surface area contributed by atoms with Gasteiger partial charge >= 0.3 is 0 Å². The molecule has 1 fully saturated rings. The lowest BCUT2D eigenvalue weighted by atomic mass is 10.1. The molecule has 4 aromatic heterocycles. The van der Waals surface area contributed by atoms with Crippen molar-refractivity contribution in [3.63, 3.8) is 0 Å². The molecule has 0 spiro atoms. The first-order valence-electron chi connectivity index (χ1n) is 12.0. The summed E-state index contributed by atoms with van der Waals surface area (Å²) in [4.78, 5) is 35.5. The van der Waals surface area contributed by atoms with Crippen LogP contribution in [0.25, 0.3) is 22.3 Å². The van der Waals surface area contributed by atoms with Gasteiger partial charge in [0.05, 0.1) is 57.2 Å². The highest BCUT2D eigenvalue weighted by Crippen LogP contribution is 2.39. The van der Waals surface area contributed by atoms with Gasteiger partial charge in [-0.2, -0.15) is 0 Å². The van der Waals surface area contributed by atoms with Crippen LogP contribution >= 0.6 is 0 Å². The van der Waals surface area contributed by atoms with E-state index in [9.17, 15) is 13.2 Å². The molecule has 9 nitrogen and oxygen atoms in total. The van der Waals surface area contributed by atoms with Gasteiger partial charge in [-0.25, -0.2) is 18.4 Å². The van der Waals surface area contributed by atoms with Crippen LogP contribution < -0.4 is 5.32 Å². The SMILES string of the molecule is O=C(NCc1cc2nc(-c3cncc(C4CC4)n3)ccc2cn1)c1cnc2c(c1)S(=O)(=O)CCCC2. The molecule has 1 N–H and O–H groups in total. The number of carbonyl (C=O) groups excluding carboxylic acids is 1. The Morgan fingerprint density at radius 3 is 2.72 bits per heavy atom. The average molecular weight is 501 g/mol. The molecule has 0 radical (unpaired) electrons. The summed E-state index contributed by atoms with van der Waals surface area (Å²) in [6.45, 7) is 0.168. The first-order valence-corrected chi connectivity index (χ1v) is 13.7. The largest absolute Gasteiger partial charge is 0.346 e. The quantitative estimate of drug-likeness (QED) is 0.442. The zero-order valence-electron chi connectivity index (χ0n) is 19.5. The molecule has 0 aromatic carbocycles. The maximum atomic E-state index is 12.8. The number of aryl methyl sites for hydroxylation is 1. The topological polar surface area (TPSA) is 128 Å². The van der Waals surface area contributed by atoms with E-state index in [1.165, 1.54) is 12.3 Å². The van der Waals surface area contributed by atoms with Gasteiger partial charge in [-0.05, 0) is 56.4 Å². The van der Waals surface area contributed by atoms with Gasteiger partial charge in [-0.1, -0.05) is 0 Å². The van der Waals surface area contributed by atoms with Gasteiger partial charge < -0.3 is 5.32 Å². The fourth-order valence-electron chi connectivity index (χ4n) is 4.40. The molecule has 1 amide bonds. The minimum Gasteiger partial charge on any atom is -0.346 e. The summed E-state index contributed by atoms with van der Waals surface area (Å²) in [5.41, 5.74) is 4.60. The highest BCUT2D eigenvalue weighted by Gasteiger charge is 2.26. The maximum Gasteiger partial charge on any atom is 0.253 e. The molecule has 1 aliphatic carbocycles. The summed E-state index contributed by atoms with van der Waals surface area (Å²) in [5, 5.41) is 3.69. The van der Waals surface area contributed by atoms with Gasteiger partial charge in [0.25, 0.3) is 5.91 Å². The zero-order valence-corrected chi connectivity index (χ0v) is 20.3. The molecule has 0 unspecified atom stereocenters. The fraction of sp³-hybridized carbons (Fsp3) is 0.308. The van der Waals surface area contributed by atoms with Gasteiger partial charge in [0.1, 0.15) is 5.69 Å². The Hall–Kier alpha value is -3.79. The van der Waals surface area contributed by atoms with Gasteiger partial charge in [0, 0.05) is 29.9 Å². The molecule has 1 saturated carbocycles. The first-order chi connectivity index (χ1) is 17.5. The number of nitrogens with one attached hydrogen (secondary N) is 1. The van der Waals surface area contributed by atoms with Crippen molar-refractivity contribution in [2.75, 3.05) is 5.75 Å². The molecule has 5 heterocycles. The summed E-state index contributed by atoms with van der Waals surface area (Å²) in [7, 11) is -3.43. The van der Waals surface area contributed by atoms with E-state index in [0.29, 0.717) is 30.1 Å². The highest BCUT2D eigenvalue weighted by molar-refractivity contribution is 7.91. The lowest BCUT2D eigenvalue weighted by molar-refractivity contribution is 0.0949. The normalized spacial score (nSPS) is 16.8. The van der Waals surface area contributed by atoms with E-state index in [4.69, 9.17) is 9.97 Å². The van der Waals surface area contributed by atoms with E-state index in [2.05, 4.69) is 20.3 Å². The molecule has 4 aromatic rings. The number of rotatable bonds is 5. The van der Waals surface area contributed by atoms with Crippen molar-refractivity contribution in [2.24, 2.45) is 0 Å². The number of amides is 1. The Bertz CT molecular complexity index is 1600. The lowest BCUT2D eigenvalue weighted by Crippen LogP contribution is -2.24. The smallest absolute Gasteiger partial charge is 0.253 e. The summed E-state index contributed by atoms with van der Waals surface area (Å²) >= 11 is 0. The van der Waals surface area contributed by atoms with E-state index in [-0.39, 0.29) is 22.8 Å². The van der Waals surface area contributed by atoms with Crippen LogP contribution in [0.15, 0.2) is 53.9 Å². The number of aromatic nitrogens is 5. The minimum absolute atomic E-state index is 0.0825. The number of carbonyl (C=O) groups is 1. The summed E-state index contributed by atoms with van der Waals surface area (Å²) < 4.78 is 25.1. The minimum atomic E-state index is -3.43. The second-order valence-electron chi connectivity index (χ2n) is 9.30. The summed E-state index contributed by atoms with van der Waals surface area (Å²) in [6.07, 6.45) is 11.0. The van der Waals surface area contributed by atoms with E-state index >= 15 is 0 Å². The van der Waals surface area contributed by atoms with Gasteiger partial charge in [0.15, 0.2) is 9.84 Å². The molecule has 2 aliphatic rings. The van der Waals surface area contributed by atoms with Gasteiger partial charge in [-0.15, -0.1) is 0 Å². The number of sulfone groups is 1. The van der Waals surface area contributed by atoms with Crippen molar-refractivity contribution in [2.45, 2.75) is 49.5 Å². The molecule has 0 atom stereocenters. The van der Waals surface area contributed by atoms with Crippen LogP contribution in [0.2, 0.25) is 0 Å². The highest BCUT2D eigenvalue weighted by atomic mass is 32.2. The summed E-state index contributed by atoms with van der Waals surface area (Å²) in [5.74, 6) is 0.187.